The summed E-state index contributed by atoms with van der Waals surface area (Å²) in [5.41, 5.74) is 1.90. The van der Waals surface area contributed by atoms with E-state index in [9.17, 15) is 13.2 Å². The van der Waals surface area contributed by atoms with E-state index in [1.54, 1.807) is 6.92 Å². The highest BCUT2D eigenvalue weighted by Gasteiger charge is 2.21. The van der Waals surface area contributed by atoms with Crippen molar-refractivity contribution in [1.82, 2.24) is 4.72 Å². The number of nitrogens with one attached hydrogen (secondary N) is 1. The SMILES string of the molecule is Cc1cccc([C@@H](C)NS(=O)(=O)c2ccc(C(=O)O)s2)c1. The Bertz CT molecular complexity index is 765. The maximum Gasteiger partial charge on any atom is 0.345 e. The van der Waals surface area contributed by atoms with Crippen molar-refractivity contribution in [1.29, 1.82) is 0 Å². The molecule has 0 aliphatic heterocycles. The molecule has 0 unspecified atom stereocenters. The number of rotatable bonds is 5. The van der Waals surface area contributed by atoms with Gasteiger partial charge < -0.3 is 5.11 Å². The van der Waals surface area contributed by atoms with Crippen LogP contribution in [0.3, 0.4) is 0 Å². The zero-order valence-electron chi connectivity index (χ0n) is 11.5. The molecular weight excluding hydrogens is 310 g/mol. The van der Waals surface area contributed by atoms with Gasteiger partial charge in [-0.15, -0.1) is 11.3 Å². The molecule has 2 rings (SSSR count). The van der Waals surface area contributed by atoms with Gasteiger partial charge in [0, 0.05) is 6.04 Å². The van der Waals surface area contributed by atoms with E-state index < -0.39 is 22.0 Å². The standard InChI is InChI=1S/C14H15NO4S2/c1-9-4-3-5-11(8-9)10(2)15-21(18,19)13-7-6-12(20-13)14(16)17/h3-8,10,15H,1-2H3,(H,16,17)/t10-/m1/s1. The molecule has 0 fully saturated rings. The molecule has 1 heterocycles. The van der Waals surface area contributed by atoms with Gasteiger partial charge in [-0.2, -0.15) is 0 Å². The fraction of sp³-hybridized carbons (Fsp3) is 0.214. The third-order valence-corrected chi connectivity index (χ3v) is 6.04. The maximum atomic E-state index is 12.2. The van der Waals surface area contributed by atoms with E-state index in [0.29, 0.717) is 0 Å². The Labute approximate surface area is 127 Å². The predicted molar refractivity (Wildman–Crippen MR) is 81.2 cm³/mol. The number of thiophene rings is 1. The molecule has 0 saturated carbocycles. The average Bonchev–Trinajstić information content (AvgIpc) is 2.88. The molecule has 0 spiro atoms. The molecule has 21 heavy (non-hydrogen) atoms. The number of carboxylic acid groups (broad SMARTS) is 1. The number of aromatic carboxylic acids is 1. The van der Waals surface area contributed by atoms with E-state index in [-0.39, 0.29) is 9.09 Å². The number of carboxylic acids is 1. The molecule has 112 valence electrons. The summed E-state index contributed by atoms with van der Waals surface area (Å²) in [7, 11) is -3.73. The fourth-order valence-corrected chi connectivity index (χ4v) is 4.27. The smallest absolute Gasteiger partial charge is 0.345 e. The number of hydrogen-bond donors (Lipinski definition) is 2. The van der Waals surface area contributed by atoms with Gasteiger partial charge in [0.05, 0.1) is 0 Å². The summed E-state index contributed by atoms with van der Waals surface area (Å²) in [5, 5.41) is 8.85. The van der Waals surface area contributed by atoms with Crippen molar-refractivity contribution in [3.8, 4) is 0 Å². The van der Waals surface area contributed by atoms with Gasteiger partial charge in [0.2, 0.25) is 0 Å². The van der Waals surface area contributed by atoms with Crippen LogP contribution in [0.1, 0.15) is 33.8 Å². The van der Waals surface area contributed by atoms with Crippen LogP contribution in [-0.4, -0.2) is 19.5 Å². The van der Waals surface area contributed by atoms with E-state index in [1.165, 1.54) is 12.1 Å². The summed E-state index contributed by atoms with van der Waals surface area (Å²) >= 11 is 0.738. The second-order valence-corrected chi connectivity index (χ2v) is 7.71. The molecule has 1 aromatic carbocycles. The molecule has 0 aliphatic rings. The van der Waals surface area contributed by atoms with Crippen molar-refractivity contribution in [3.63, 3.8) is 0 Å². The molecule has 7 heteroatoms. The molecule has 0 saturated heterocycles. The third-order valence-electron chi connectivity index (χ3n) is 2.93. The van der Waals surface area contributed by atoms with Crippen LogP contribution in [0.2, 0.25) is 0 Å². The second kappa shape index (κ2) is 5.97. The molecular formula is C14H15NO4S2. The molecule has 1 atom stereocenters. The highest BCUT2D eigenvalue weighted by Crippen LogP contribution is 2.24. The molecule has 2 N–H and O–H groups in total. The van der Waals surface area contributed by atoms with Gasteiger partial charge in [0.15, 0.2) is 0 Å². The summed E-state index contributed by atoms with van der Waals surface area (Å²) in [6, 6.07) is 9.75. The van der Waals surface area contributed by atoms with Crippen LogP contribution >= 0.6 is 11.3 Å². The summed E-state index contributed by atoms with van der Waals surface area (Å²) in [6.45, 7) is 3.68. The Morgan fingerprint density at radius 2 is 2.00 bits per heavy atom. The van der Waals surface area contributed by atoms with Crippen LogP contribution in [0.25, 0.3) is 0 Å². The first-order chi connectivity index (χ1) is 9.79. The van der Waals surface area contributed by atoms with Crippen LogP contribution in [0.15, 0.2) is 40.6 Å². The first kappa shape index (κ1) is 15.7. The Morgan fingerprint density at radius 1 is 1.29 bits per heavy atom. The van der Waals surface area contributed by atoms with Crippen molar-refractivity contribution >= 4 is 27.3 Å². The van der Waals surface area contributed by atoms with Gasteiger partial charge >= 0.3 is 5.97 Å². The van der Waals surface area contributed by atoms with Crippen molar-refractivity contribution < 1.29 is 18.3 Å². The summed E-state index contributed by atoms with van der Waals surface area (Å²) in [6.07, 6.45) is 0. The third kappa shape index (κ3) is 3.69. The Hall–Kier alpha value is -1.70. The Kier molecular flexibility index (Phi) is 4.46. The fourth-order valence-electron chi connectivity index (χ4n) is 1.88. The van der Waals surface area contributed by atoms with Crippen molar-refractivity contribution in [3.05, 3.63) is 52.4 Å². The largest absolute Gasteiger partial charge is 0.477 e. The van der Waals surface area contributed by atoms with E-state index in [4.69, 9.17) is 5.11 Å². The lowest BCUT2D eigenvalue weighted by atomic mass is 10.1. The zero-order chi connectivity index (χ0) is 15.6. The minimum Gasteiger partial charge on any atom is -0.477 e. The van der Waals surface area contributed by atoms with Crippen LogP contribution < -0.4 is 4.72 Å². The summed E-state index contributed by atoms with van der Waals surface area (Å²) < 4.78 is 27.0. The van der Waals surface area contributed by atoms with E-state index in [2.05, 4.69) is 4.72 Å². The highest BCUT2D eigenvalue weighted by molar-refractivity contribution is 7.91. The molecule has 5 nitrogen and oxygen atoms in total. The van der Waals surface area contributed by atoms with Crippen LogP contribution in [0.5, 0.6) is 0 Å². The Balaban J connectivity index is 2.22. The van der Waals surface area contributed by atoms with E-state index in [0.717, 1.165) is 22.5 Å². The quantitative estimate of drug-likeness (QED) is 0.885. The lowest BCUT2D eigenvalue weighted by molar-refractivity contribution is 0.0702. The minimum absolute atomic E-state index is 0.000553. The van der Waals surface area contributed by atoms with Gasteiger partial charge in [-0.3, -0.25) is 0 Å². The van der Waals surface area contributed by atoms with Gasteiger partial charge in [-0.25, -0.2) is 17.9 Å². The second-order valence-electron chi connectivity index (χ2n) is 4.68. The van der Waals surface area contributed by atoms with Crippen molar-refractivity contribution in [2.45, 2.75) is 24.1 Å². The minimum atomic E-state index is -3.73. The molecule has 0 amide bonds. The normalized spacial score (nSPS) is 13.0. The first-order valence-electron chi connectivity index (χ1n) is 6.21. The number of aryl methyl sites for hydroxylation is 1. The summed E-state index contributed by atoms with van der Waals surface area (Å²) in [5.74, 6) is -1.13. The van der Waals surface area contributed by atoms with Gasteiger partial charge in [-0.1, -0.05) is 29.8 Å². The molecule has 0 bridgehead atoms. The average molecular weight is 325 g/mol. The lowest BCUT2D eigenvalue weighted by Gasteiger charge is -2.14. The lowest BCUT2D eigenvalue weighted by Crippen LogP contribution is -2.26. The van der Waals surface area contributed by atoms with Crippen molar-refractivity contribution in [2.75, 3.05) is 0 Å². The summed E-state index contributed by atoms with van der Waals surface area (Å²) in [4.78, 5) is 10.8. The maximum absolute atomic E-state index is 12.2. The van der Waals surface area contributed by atoms with Crippen LogP contribution in [0, 0.1) is 6.92 Å². The molecule has 0 aliphatic carbocycles. The highest BCUT2D eigenvalue weighted by atomic mass is 32.2. The van der Waals surface area contributed by atoms with Gasteiger partial charge in [0.1, 0.15) is 9.09 Å². The van der Waals surface area contributed by atoms with Crippen LogP contribution in [0.4, 0.5) is 0 Å². The Morgan fingerprint density at radius 3 is 2.57 bits per heavy atom. The first-order valence-corrected chi connectivity index (χ1v) is 8.51. The number of benzene rings is 1. The zero-order valence-corrected chi connectivity index (χ0v) is 13.2. The number of hydrogen-bond acceptors (Lipinski definition) is 4. The van der Waals surface area contributed by atoms with Crippen LogP contribution in [-0.2, 0) is 10.0 Å². The number of sulfonamides is 1. The predicted octanol–water partition coefficient (Wildman–Crippen LogP) is 2.79. The van der Waals surface area contributed by atoms with E-state index >= 15 is 0 Å². The molecule has 1 aromatic heterocycles. The monoisotopic (exact) mass is 325 g/mol. The molecule has 2 aromatic rings. The van der Waals surface area contributed by atoms with Crippen molar-refractivity contribution in [2.24, 2.45) is 0 Å². The van der Waals surface area contributed by atoms with Gasteiger partial charge in [0.25, 0.3) is 10.0 Å². The topological polar surface area (TPSA) is 83.5 Å². The van der Waals surface area contributed by atoms with E-state index in [1.807, 2.05) is 31.2 Å². The van der Waals surface area contributed by atoms with Gasteiger partial charge in [-0.05, 0) is 31.5 Å². The number of carbonyl (C=O) groups is 1. The molecule has 0 radical (unpaired) electrons.